The minimum atomic E-state index is -1.13. The molecule has 0 saturated heterocycles. The monoisotopic (exact) mass is 531 g/mol. The van der Waals surface area contributed by atoms with Gasteiger partial charge in [0, 0.05) is 49.1 Å². The Morgan fingerprint density at radius 2 is 1.90 bits per heavy atom. The van der Waals surface area contributed by atoms with Gasteiger partial charge in [-0.25, -0.2) is 9.37 Å². The number of nitrogens with zero attached hydrogens (tertiary/aromatic N) is 2. The zero-order chi connectivity index (χ0) is 28.5. The third-order valence-electron chi connectivity index (χ3n) is 6.52. The van der Waals surface area contributed by atoms with E-state index in [0.29, 0.717) is 42.2 Å². The summed E-state index contributed by atoms with van der Waals surface area (Å²) >= 11 is 0. The lowest BCUT2D eigenvalue weighted by Gasteiger charge is -2.22. The third-order valence-corrected chi connectivity index (χ3v) is 6.52. The zero-order valence-corrected chi connectivity index (χ0v) is 23.3. The summed E-state index contributed by atoms with van der Waals surface area (Å²) in [5, 5.41) is 13.1. The molecule has 0 fully saturated rings. The topological polar surface area (TPSA) is 108 Å². The number of carbonyl (C=O) groups excluding carboxylic acids is 1. The van der Waals surface area contributed by atoms with Gasteiger partial charge in [0.2, 0.25) is 5.71 Å². The molecule has 1 aliphatic heterocycles. The summed E-state index contributed by atoms with van der Waals surface area (Å²) in [5.41, 5.74) is 10.1. The Bertz CT molecular complexity index is 1320. The van der Waals surface area contributed by atoms with Crippen LogP contribution < -0.4 is 11.1 Å². The minimum Gasteiger partial charge on any atom is -0.489 e. The number of ether oxygens (including phenoxy) is 1. The number of unbranched alkanes of at least 4 members (excludes halogenated alkanes) is 2. The summed E-state index contributed by atoms with van der Waals surface area (Å²) < 4.78 is 8.20. The van der Waals surface area contributed by atoms with Crippen molar-refractivity contribution in [3.8, 4) is 0 Å². The van der Waals surface area contributed by atoms with Crippen molar-refractivity contribution in [1.82, 2.24) is 10.2 Å². The Morgan fingerprint density at radius 3 is 2.56 bits per heavy atom. The number of amides is 1. The summed E-state index contributed by atoms with van der Waals surface area (Å²) in [4.78, 5) is 27.3. The zero-order valence-electron chi connectivity index (χ0n) is 23.3. The van der Waals surface area contributed by atoms with E-state index in [9.17, 15) is 14.7 Å². The van der Waals surface area contributed by atoms with Gasteiger partial charge in [-0.05, 0) is 60.9 Å². The van der Waals surface area contributed by atoms with E-state index in [4.69, 9.17) is 10.5 Å². The smallest absolute Gasteiger partial charge is 0.336 e. The number of nitrogens with one attached hydrogen (secondary N) is 1. The Hall–Kier alpha value is -4.17. The second kappa shape index (κ2) is 13.6. The van der Waals surface area contributed by atoms with E-state index in [-0.39, 0.29) is 17.0 Å². The molecular weight excluding hydrogens is 492 g/mol. The predicted octanol–water partition coefficient (Wildman–Crippen LogP) is 3.75. The van der Waals surface area contributed by atoms with Crippen LogP contribution in [0.15, 0.2) is 83.8 Å². The molecule has 8 heteroatoms. The molecular formula is C31H39N4O4+. The first-order chi connectivity index (χ1) is 18.6. The quantitative estimate of drug-likeness (QED) is 0.331. The van der Waals surface area contributed by atoms with E-state index in [0.717, 1.165) is 36.2 Å². The van der Waals surface area contributed by atoms with Crippen molar-refractivity contribution in [2.24, 2.45) is 5.73 Å². The maximum Gasteiger partial charge on any atom is 0.336 e. The molecule has 1 amide bonds. The highest BCUT2D eigenvalue weighted by molar-refractivity contribution is 6.07. The van der Waals surface area contributed by atoms with Crippen LogP contribution in [0.2, 0.25) is 0 Å². The van der Waals surface area contributed by atoms with Crippen LogP contribution in [-0.4, -0.2) is 80.1 Å². The van der Waals surface area contributed by atoms with E-state index < -0.39 is 5.97 Å². The molecule has 0 aromatic heterocycles. The van der Waals surface area contributed by atoms with Crippen molar-refractivity contribution < 1.29 is 24.0 Å². The molecule has 2 aliphatic rings. The van der Waals surface area contributed by atoms with Crippen LogP contribution >= 0.6 is 0 Å². The Kier molecular flexibility index (Phi) is 10.2. The van der Waals surface area contributed by atoms with Crippen LogP contribution in [0.3, 0.4) is 0 Å². The van der Waals surface area contributed by atoms with Crippen molar-refractivity contribution in [3.05, 3.63) is 101 Å². The van der Waals surface area contributed by atoms with Crippen molar-refractivity contribution in [2.75, 3.05) is 47.9 Å². The van der Waals surface area contributed by atoms with Crippen molar-refractivity contribution in [2.45, 2.75) is 19.3 Å². The Labute approximate surface area is 230 Å². The molecule has 1 aromatic carbocycles. The van der Waals surface area contributed by atoms with Crippen LogP contribution in [0.4, 0.5) is 0 Å². The van der Waals surface area contributed by atoms with E-state index in [1.54, 1.807) is 12.1 Å². The summed E-state index contributed by atoms with van der Waals surface area (Å²) in [6.45, 7) is 5.76. The van der Waals surface area contributed by atoms with Gasteiger partial charge in [-0.15, -0.1) is 0 Å². The highest BCUT2D eigenvalue weighted by atomic mass is 16.5. The van der Waals surface area contributed by atoms with Gasteiger partial charge in [0.25, 0.3) is 5.91 Å². The van der Waals surface area contributed by atoms with Crippen molar-refractivity contribution >= 4 is 23.2 Å². The fraction of sp³-hybridized carbons (Fsp3) is 0.323. The second-order valence-electron chi connectivity index (χ2n) is 9.81. The highest BCUT2D eigenvalue weighted by Crippen LogP contribution is 2.36. The average molecular weight is 532 g/mol. The highest BCUT2D eigenvalue weighted by Gasteiger charge is 2.25. The van der Waals surface area contributed by atoms with Crippen LogP contribution in [0.25, 0.3) is 5.57 Å². The standard InChI is InChI=1S/C31H38N4O4/c1-21-9-11-23(34(2)3)15-18-39-28-20-24(35(4)5)12-14-26(28)29(21)25-13-10-22(19-27(25)31(37)38)30(36)33-17-8-6-7-16-32/h9-15,19-20H,1,6-8,16-18,32H2,2-5H3,(H-,33,36,37,38)/p+1/b11-9-,23-15+,29-26?. The first-order valence-electron chi connectivity index (χ1n) is 13.1. The number of allylic oxidation sites excluding steroid dienone is 7. The second-order valence-corrected chi connectivity index (χ2v) is 9.81. The maximum absolute atomic E-state index is 12.8. The summed E-state index contributed by atoms with van der Waals surface area (Å²) in [5.74, 6) is -0.838. The first kappa shape index (κ1) is 29.4. The lowest BCUT2D eigenvalue weighted by molar-refractivity contribution is -0.462. The van der Waals surface area contributed by atoms with Gasteiger partial charge in [0.1, 0.15) is 26.5 Å². The number of carbonyl (C=O) groups is 2. The summed E-state index contributed by atoms with van der Waals surface area (Å²) in [7, 11) is 7.78. The molecule has 8 nitrogen and oxygen atoms in total. The molecule has 0 bridgehead atoms. The Balaban J connectivity index is 2.13. The van der Waals surface area contributed by atoms with Gasteiger partial charge in [0.15, 0.2) is 0 Å². The normalized spacial score (nSPS) is 17.4. The molecule has 206 valence electrons. The number of aromatic carboxylic acids is 1. The van der Waals surface area contributed by atoms with Gasteiger partial charge in [-0.3, -0.25) is 4.79 Å². The van der Waals surface area contributed by atoms with E-state index >= 15 is 0 Å². The number of hydrogen-bond acceptors (Lipinski definition) is 5. The van der Waals surface area contributed by atoms with Crippen LogP contribution in [-0.2, 0) is 4.74 Å². The van der Waals surface area contributed by atoms with Crippen LogP contribution in [0.1, 0.15) is 45.5 Å². The molecule has 0 unspecified atom stereocenters. The van der Waals surface area contributed by atoms with E-state index in [2.05, 4.69) is 11.9 Å². The molecule has 1 aliphatic carbocycles. The van der Waals surface area contributed by atoms with E-state index in [1.807, 2.05) is 74.1 Å². The molecule has 1 heterocycles. The number of hydrogen-bond donors (Lipinski definition) is 3. The molecule has 0 atom stereocenters. The summed E-state index contributed by atoms with van der Waals surface area (Å²) in [6, 6.07) is 4.76. The molecule has 3 rings (SSSR count). The molecule has 39 heavy (non-hydrogen) atoms. The van der Waals surface area contributed by atoms with Crippen LogP contribution in [0.5, 0.6) is 0 Å². The first-order valence-corrected chi connectivity index (χ1v) is 13.1. The van der Waals surface area contributed by atoms with Gasteiger partial charge in [-0.1, -0.05) is 25.1 Å². The number of fused-ring (bicyclic) bond motifs is 1. The van der Waals surface area contributed by atoms with Crippen LogP contribution in [0, 0.1) is 0 Å². The minimum absolute atomic E-state index is 0.0124. The third kappa shape index (κ3) is 7.45. The predicted molar refractivity (Wildman–Crippen MR) is 156 cm³/mol. The largest absolute Gasteiger partial charge is 0.489 e. The number of carboxylic acid groups (broad SMARTS) is 1. The molecule has 0 saturated carbocycles. The number of benzene rings is 1. The molecule has 1 aromatic rings. The van der Waals surface area contributed by atoms with Crippen molar-refractivity contribution in [3.63, 3.8) is 0 Å². The molecule has 0 radical (unpaired) electrons. The van der Waals surface area contributed by atoms with Gasteiger partial charge < -0.3 is 25.8 Å². The fourth-order valence-corrected chi connectivity index (χ4v) is 4.32. The van der Waals surface area contributed by atoms with Gasteiger partial charge in [0.05, 0.1) is 11.6 Å². The summed E-state index contributed by atoms with van der Waals surface area (Å²) in [6.07, 6.45) is 14.2. The number of carboxylic acids is 1. The molecule has 4 N–H and O–H groups in total. The lowest BCUT2D eigenvalue weighted by atomic mass is 9.86. The maximum atomic E-state index is 12.8. The van der Waals surface area contributed by atoms with Gasteiger partial charge in [-0.2, -0.15) is 0 Å². The van der Waals surface area contributed by atoms with Gasteiger partial charge >= 0.3 is 5.97 Å². The SMILES string of the molecule is C=C1/C=C\C(N(C)C)=C/COC2=CC(=[N+](C)C)C=CC2=C1c1ccc(C(=O)NCCCCCN)cc1C(=O)O. The van der Waals surface area contributed by atoms with Crippen molar-refractivity contribution in [1.29, 1.82) is 0 Å². The number of nitrogens with two attached hydrogens (primary N) is 1. The average Bonchev–Trinajstić information content (AvgIpc) is 2.90. The Morgan fingerprint density at radius 1 is 1.13 bits per heavy atom. The lowest BCUT2D eigenvalue weighted by Crippen LogP contribution is -2.25. The van der Waals surface area contributed by atoms with E-state index in [1.165, 1.54) is 6.07 Å². The molecule has 0 spiro atoms. The number of likely N-dealkylation sites (N-methyl/N-ethyl adjacent to an activating group) is 1. The fourth-order valence-electron chi connectivity index (χ4n) is 4.32. The number of rotatable bonds is 9.